The highest BCUT2D eigenvalue weighted by Gasteiger charge is 2.12. The molecule has 1 N–H and O–H groups in total. The lowest BCUT2D eigenvalue weighted by Crippen LogP contribution is -2.06. The zero-order valence-corrected chi connectivity index (χ0v) is 14.1. The number of hydrogen-bond acceptors (Lipinski definition) is 2. The van der Waals surface area contributed by atoms with Crippen LogP contribution in [0.15, 0.2) is 42.5 Å². The third kappa shape index (κ3) is 3.41. The van der Waals surface area contributed by atoms with Crippen LogP contribution in [0.4, 0.5) is 0 Å². The molecule has 23 heavy (non-hydrogen) atoms. The molecule has 0 unspecified atom stereocenters. The second kappa shape index (κ2) is 7.16. The molecule has 0 aliphatic heterocycles. The van der Waals surface area contributed by atoms with Crippen LogP contribution in [-0.4, -0.2) is 14.7 Å². The van der Waals surface area contributed by atoms with Gasteiger partial charge in [-0.05, 0) is 35.7 Å². The molecule has 2 aromatic carbocycles. The van der Waals surface area contributed by atoms with Crippen molar-refractivity contribution < 1.29 is 5.11 Å². The van der Waals surface area contributed by atoms with Gasteiger partial charge in [-0.3, -0.25) is 0 Å². The number of nitrogens with zero attached hydrogens (tertiary/aromatic N) is 2. The number of benzene rings is 2. The fraction of sp³-hybridized carbons (Fsp3) is 0.316. The molecule has 3 aromatic rings. The molecule has 0 radical (unpaired) electrons. The minimum absolute atomic E-state index is 0.0392. The molecular formula is C19H21ClN2O. The molecule has 0 bridgehead atoms. The standard InChI is InChI=1S/C19H21ClN2O/c1-2-3-8-19-21-17-10-9-14(13-23)11-18(17)22(19)12-15-6-4-5-7-16(15)20/h4-7,9-11,23H,2-3,8,12-13H2,1H3. The van der Waals surface area contributed by atoms with E-state index >= 15 is 0 Å². The fourth-order valence-electron chi connectivity index (χ4n) is 2.82. The van der Waals surface area contributed by atoms with Crippen molar-refractivity contribution in [1.29, 1.82) is 0 Å². The minimum atomic E-state index is 0.0392. The Labute approximate surface area is 141 Å². The van der Waals surface area contributed by atoms with Crippen LogP contribution in [0.1, 0.15) is 36.7 Å². The van der Waals surface area contributed by atoms with E-state index in [9.17, 15) is 5.11 Å². The second-order valence-electron chi connectivity index (χ2n) is 5.79. The first-order valence-electron chi connectivity index (χ1n) is 8.05. The Kier molecular flexibility index (Phi) is 4.99. The average Bonchev–Trinajstić information content (AvgIpc) is 2.91. The van der Waals surface area contributed by atoms with Crippen molar-refractivity contribution in [3.8, 4) is 0 Å². The predicted molar refractivity (Wildman–Crippen MR) is 94.8 cm³/mol. The zero-order chi connectivity index (χ0) is 16.2. The van der Waals surface area contributed by atoms with Gasteiger partial charge in [0, 0.05) is 11.4 Å². The Bertz CT molecular complexity index is 810. The number of imidazole rings is 1. The van der Waals surface area contributed by atoms with E-state index < -0.39 is 0 Å². The number of unbranched alkanes of at least 4 members (excludes halogenated alkanes) is 1. The van der Waals surface area contributed by atoms with Gasteiger partial charge in [0.2, 0.25) is 0 Å². The number of aliphatic hydroxyl groups is 1. The normalized spacial score (nSPS) is 11.3. The summed E-state index contributed by atoms with van der Waals surface area (Å²) >= 11 is 6.33. The predicted octanol–water partition coefficient (Wildman–Crippen LogP) is 4.57. The number of aliphatic hydroxyl groups excluding tert-OH is 1. The van der Waals surface area contributed by atoms with E-state index in [1.165, 1.54) is 0 Å². The van der Waals surface area contributed by atoms with E-state index in [4.69, 9.17) is 16.6 Å². The third-order valence-electron chi connectivity index (χ3n) is 4.11. The van der Waals surface area contributed by atoms with E-state index in [1.807, 2.05) is 42.5 Å². The molecule has 0 aliphatic carbocycles. The Morgan fingerprint density at radius 1 is 1.17 bits per heavy atom. The lowest BCUT2D eigenvalue weighted by molar-refractivity contribution is 0.282. The highest BCUT2D eigenvalue weighted by atomic mass is 35.5. The van der Waals surface area contributed by atoms with E-state index in [1.54, 1.807) is 0 Å². The van der Waals surface area contributed by atoms with Crippen molar-refractivity contribution in [1.82, 2.24) is 9.55 Å². The fourth-order valence-corrected chi connectivity index (χ4v) is 3.01. The summed E-state index contributed by atoms with van der Waals surface area (Å²) in [5.41, 5.74) is 4.02. The molecule has 3 rings (SSSR count). The summed E-state index contributed by atoms with van der Waals surface area (Å²) in [7, 11) is 0. The van der Waals surface area contributed by atoms with Gasteiger partial charge in [0.25, 0.3) is 0 Å². The molecule has 4 heteroatoms. The highest BCUT2D eigenvalue weighted by molar-refractivity contribution is 6.31. The molecule has 1 aromatic heterocycles. The zero-order valence-electron chi connectivity index (χ0n) is 13.3. The summed E-state index contributed by atoms with van der Waals surface area (Å²) in [6, 6.07) is 13.9. The average molecular weight is 329 g/mol. The van der Waals surface area contributed by atoms with Crippen molar-refractivity contribution in [2.45, 2.75) is 39.3 Å². The van der Waals surface area contributed by atoms with Gasteiger partial charge in [-0.15, -0.1) is 0 Å². The first-order chi connectivity index (χ1) is 11.2. The van der Waals surface area contributed by atoms with Crippen molar-refractivity contribution in [3.05, 3.63) is 64.4 Å². The van der Waals surface area contributed by atoms with Gasteiger partial charge in [-0.2, -0.15) is 0 Å². The molecule has 0 saturated carbocycles. The topological polar surface area (TPSA) is 38.1 Å². The van der Waals surface area contributed by atoms with Crippen LogP contribution in [0, 0.1) is 0 Å². The molecule has 0 fully saturated rings. The van der Waals surface area contributed by atoms with E-state index in [2.05, 4.69) is 11.5 Å². The number of rotatable bonds is 6. The van der Waals surface area contributed by atoms with Crippen LogP contribution in [0.5, 0.6) is 0 Å². The second-order valence-corrected chi connectivity index (χ2v) is 6.20. The van der Waals surface area contributed by atoms with Gasteiger partial charge in [0.15, 0.2) is 0 Å². The maximum absolute atomic E-state index is 9.42. The van der Waals surface area contributed by atoms with Crippen LogP contribution in [0.2, 0.25) is 5.02 Å². The molecule has 120 valence electrons. The van der Waals surface area contributed by atoms with E-state index in [-0.39, 0.29) is 6.61 Å². The van der Waals surface area contributed by atoms with Crippen molar-refractivity contribution in [2.24, 2.45) is 0 Å². The number of aromatic nitrogens is 2. The maximum atomic E-state index is 9.42. The smallest absolute Gasteiger partial charge is 0.110 e. The lowest BCUT2D eigenvalue weighted by Gasteiger charge is -2.11. The maximum Gasteiger partial charge on any atom is 0.110 e. The first-order valence-corrected chi connectivity index (χ1v) is 8.43. The van der Waals surface area contributed by atoms with E-state index in [0.717, 1.165) is 52.3 Å². The third-order valence-corrected chi connectivity index (χ3v) is 4.48. The molecule has 0 spiro atoms. The molecule has 0 atom stereocenters. The summed E-state index contributed by atoms with van der Waals surface area (Å²) in [5, 5.41) is 10.2. The molecule has 1 heterocycles. The molecule has 3 nitrogen and oxygen atoms in total. The van der Waals surface area contributed by atoms with Gasteiger partial charge in [0.05, 0.1) is 24.2 Å². The summed E-state index contributed by atoms with van der Waals surface area (Å²) in [4.78, 5) is 4.79. The molecule has 0 aliphatic rings. The molecule has 0 amide bonds. The number of aryl methyl sites for hydroxylation is 1. The monoisotopic (exact) mass is 328 g/mol. The number of hydrogen-bond donors (Lipinski definition) is 1. The summed E-state index contributed by atoms with van der Waals surface area (Å²) in [6.45, 7) is 2.92. The Morgan fingerprint density at radius 2 is 2.00 bits per heavy atom. The van der Waals surface area contributed by atoms with Gasteiger partial charge >= 0.3 is 0 Å². The Hall–Kier alpha value is -1.84. The van der Waals surface area contributed by atoms with Crippen molar-refractivity contribution in [2.75, 3.05) is 0 Å². The Morgan fingerprint density at radius 3 is 2.74 bits per heavy atom. The van der Waals surface area contributed by atoms with Gasteiger partial charge in [0.1, 0.15) is 5.82 Å². The lowest BCUT2D eigenvalue weighted by atomic mass is 10.2. The molecular weight excluding hydrogens is 308 g/mol. The van der Waals surface area contributed by atoms with Gasteiger partial charge in [-0.25, -0.2) is 4.98 Å². The Balaban J connectivity index is 2.08. The summed E-state index contributed by atoms with van der Waals surface area (Å²) in [6.07, 6.45) is 3.19. The van der Waals surface area contributed by atoms with Crippen LogP contribution >= 0.6 is 11.6 Å². The van der Waals surface area contributed by atoms with Gasteiger partial charge in [-0.1, -0.05) is 49.2 Å². The van der Waals surface area contributed by atoms with Crippen molar-refractivity contribution in [3.63, 3.8) is 0 Å². The first kappa shape index (κ1) is 16.0. The van der Waals surface area contributed by atoms with Gasteiger partial charge < -0.3 is 9.67 Å². The van der Waals surface area contributed by atoms with Crippen LogP contribution in [0.3, 0.4) is 0 Å². The van der Waals surface area contributed by atoms with Crippen LogP contribution < -0.4 is 0 Å². The van der Waals surface area contributed by atoms with E-state index in [0.29, 0.717) is 6.54 Å². The largest absolute Gasteiger partial charge is 0.392 e. The minimum Gasteiger partial charge on any atom is -0.392 e. The number of fused-ring (bicyclic) bond motifs is 1. The highest BCUT2D eigenvalue weighted by Crippen LogP contribution is 2.23. The quantitative estimate of drug-likeness (QED) is 0.719. The summed E-state index contributed by atoms with van der Waals surface area (Å²) in [5.74, 6) is 1.08. The summed E-state index contributed by atoms with van der Waals surface area (Å²) < 4.78 is 2.23. The van der Waals surface area contributed by atoms with Crippen molar-refractivity contribution >= 4 is 22.6 Å². The van der Waals surface area contributed by atoms with Crippen LogP contribution in [-0.2, 0) is 19.6 Å². The van der Waals surface area contributed by atoms with Crippen LogP contribution in [0.25, 0.3) is 11.0 Å². The molecule has 0 saturated heterocycles. The SMILES string of the molecule is CCCCc1nc2ccc(CO)cc2n1Cc1ccccc1Cl. The number of halogens is 1.